The van der Waals surface area contributed by atoms with Gasteiger partial charge in [0.1, 0.15) is 5.69 Å². The summed E-state index contributed by atoms with van der Waals surface area (Å²) in [7, 11) is 0. The van der Waals surface area contributed by atoms with Crippen LogP contribution in [-0.2, 0) is 9.53 Å². The van der Waals surface area contributed by atoms with Crippen molar-refractivity contribution in [1.29, 1.82) is 0 Å². The largest absolute Gasteiger partial charge is 0.451 e. The molecule has 0 aliphatic heterocycles. The topological polar surface area (TPSA) is 68.3 Å². The number of carbonyl (C=O) groups excluding carboxylic acids is 2. The lowest BCUT2D eigenvalue weighted by Gasteiger charge is -2.09. The fraction of sp³-hybridized carbons (Fsp3) is 0.0455. The molecule has 27 heavy (non-hydrogen) atoms. The molecular formula is C22H16N2O3. The molecule has 0 aliphatic rings. The summed E-state index contributed by atoms with van der Waals surface area (Å²) in [6.45, 7) is -0.378. The van der Waals surface area contributed by atoms with E-state index in [1.54, 1.807) is 12.1 Å². The molecule has 1 aromatic heterocycles. The van der Waals surface area contributed by atoms with Gasteiger partial charge in [0.05, 0.1) is 5.52 Å². The number of aromatic nitrogens is 1. The van der Waals surface area contributed by atoms with Crippen LogP contribution in [0, 0.1) is 0 Å². The van der Waals surface area contributed by atoms with Crippen molar-refractivity contribution in [3.05, 3.63) is 84.6 Å². The Morgan fingerprint density at radius 3 is 2.44 bits per heavy atom. The van der Waals surface area contributed by atoms with Crippen LogP contribution in [0.5, 0.6) is 0 Å². The summed E-state index contributed by atoms with van der Waals surface area (Å²) >= 11 is 0. The average molecular weight is 356 g/mol. The van der Waals surface area contributed by atoms with E-state index in [1.807, 2.05) is 66.7 Å². The Kier molecular flexibility index (Phi) is 4.49. The lowest BCUT2D eigenvalue weighted by atomic mass is 10.1. The number of anilines is 1. The molecule has 5 heteroatoms. The SMILES string of the molecule is O=C(COC(=O)c1ccc2ccccc2n1)Nc1cccc2ccccc12. The van der Waals surface area contributed by atoms with Crippen LogP contribution in [0.15, 0.2) is 78.9 Å². The summed E-state index contributed by atoms with van der Waals surface area (Å²) in [5.74, 6) is -1.03. The van der Waals surface area contributed by atoms with Crippen molar-refractivity contribution < 1.29 is 14.3 Å². The Labute approximate surface area is 155 Å². The first kappa shape index (κ1) is 16.7. The molecule has 1 N–H and O–H groups in total. The Hall–Kier alpha value is -3.73. The van der Waals surface area contributed by atoms with Gasteiger partial charge in [-0.05, 0) is 23.6 Å². The van der Waals surface area contributed by atoms with Gasteiger partial charge in [-0.15, -0.1) is 0 Å². The minimum absolute atomic E-state index is 0.173. The van der Waals surface area contributed by atoms with Gasteiger partial charge in [-0.2, -0.15) is 0 Å². The molecule has 5 nitrogen and oxygen atoms in total. The van der Waals surface area contributed by atoms with E-state index in [1.165, 1.54) is 0 Å². The fourth-order valence-electron chi connectivity index (χ4n) is 2.91. The second-order valence-corrected chi connectivity index (χ2v) is 6.04. The van der Waals surface area contributed by atoms with Gasteiger partial charge in [0.15, 0.2) is 6.61 Å². The van der Waals surface area contributed by atoms with Gasteiger partial charge < -0.3 is 10.1 Å². The van der Waals surface area contributed by atoms with Crippen LogP contribution in [0.1, 0.15) is 10.5 Å². The Bertz CT molecular complexity index is 1150. The van der Waals surface area contributed by atoms with E-state index >= 15 is 0 Å². The Morgan fingerprint density at radius 1 is 0.815 bits per heavy atom. The number of nitrogens with zero attached hydrogens (tertiary/aromatic N) is 1. The number of hydrogen-bond acceptors (Lipinski definition) is 4. The van der Waals surface area contributed by atoms with Gasteiger partial charge >= 0.3 is 5.97 Å². The van der Waals surface area contributed by atoms with E-state index in [9.17, 15) is 9.59 Å². The smallest absolute Gasteiger partial charge is 0.357 e. The van der Waals surface area contributed by atoms with Gasteiger partial charge in [-0.1, -0.05) is 60.7 Å². The maximum Gasteiger partial charge on any atom is 0.357 e. The zero-order chi connectivity index (χ0) is 18.6. The number of ether oxygens (including phenoxy) is 1. The van der Waals surface area contributed by atoms with Crippen molar-refractivity contribution in [1.82, 2.24) is 4.98 Å². The molecule has 1 heterocycles. The summed E-state index contributed by atoms with van der Waals surface area (Å²) in [5, 5.41) is 5.67. The van der Waals surface area contributed by atoms with E-state index in [2.05, 4.69) is 10.3 Å². The number of nitrogens with one attached hydrogen (secondary N) is 1. The van der Waals surface area contributed by atoms with Crippen LogP contribution in [0.4, 0.5) is 5.69 Å². The number of rotatable bonds is 4. The van der Waals surface area contributed by atoms with Crippen molar-refractivity contribution >= 4 is 39.2 Å². The predicted molar refractivity (Wildman–Crippen MR) is 105 cm³/mol. The highest BCUT2D eigenvalue weighted by Gasteiger charge is 2.13. The van der Waals surface area contributed by atoms with E-state index < -0.39 is 11.9 Å². The molecule has 1 amide bonds. The number of esters is 1. The third-order valence-electron chi connectivity index (χ3n) is 4.21. The number of pyridine rings is 1. The third-order valence-corrected chi connectivity index (χ3v) is 4.21. The van der Waals surface area contributed by atoms with Gasteiger partial charge in [-0.25, -0.2) is 9.78 Å². The molecule has 0 saturated heterocycles. The first-order chi connectivity index (χ1) is 13.2. The predicted octanol–water partition coefficient (Wildman–Crippen LogP) is 4.18. The van der Waals surface area contributed by atoms with E-state index in [0.717, 1.165) is 16.2 Å². The summed E-state index contributed by atoms with van der Waals surface area (Å²) < 4.78 is 5.11. The molecule has 3 aromatic carbocycles. The van der Waals surface area contributed by atoms with Gasteiger partial charge in [0, 0.05) is 16.5 Å². The number of benzene rings is 3. The van der Waals surface area contributed by atoms with Crippen LogP contribution < -0.4 is 5.32 Å². The highest BCUT2D eigenvalue weighted by molar-refractivity contribution is 6.03. The molecule has 0 saturated carbocycles. The number of hydrogen-bond donors (Lipinski definition) is 1. The van der Waals surface area contributed by atoms with Crippen molar-refractivity contribution in [2.45, 2.75) is 0 Å². The highest BCUT2D eigenvalue weighted by Crippen LogP contribution is 2.22. The Morgan fingerprint density at radius 2 is 1.56 bits per heavy atom. The normalized spacial score (nSPS) is 10.7. The monoisotopic (exact) mass is 356 g/mol. The third kappa shape index (κ3) is 3.62. The van der Waals surface area contributed by atoms with E-state index in [-0.39, 0.29) is 12.3 Å². The molecule has 0 fully saturated rings. The molecule has 0 unspecified atom stereocenters. The maximum atomic E-state index is 12.2. The highest BCUT2D eigenvalue weighted by atomic mass is 16.5. The van der Waals surface area contributed by atoms with Crippen LogP contribution in [0.25, 0.3) is 21.7 Å². The van der Waals surface area contributed by atoms with Crippen LogP contribution >= 0.6 is 0 Å². The van der Waals surface area contributed by atoms with Crippen molar-refractivity contribution in [3.63, 3.8) is 0 Å². The number of para-hydroxylation sites is 1. The maximum absolute atomic E-state index is 12.2. The standard InChI is InChI=1S/C22H16N2O3/c25-21(24-19-11-5-8-15-6-1-3-9-17(15)19)14-27-22(26)20-13-12-16-7-2-4-10-18(16)23-20/h1-13H,14H2,(H,24,25). The van der Waals surface area contributed by atoms with Gasteiger partial charge in [0.25, 0.3) is 5.91 Å². The van der Waals surface area contributed by atoms with Gasteiger partial charge in [0.2, 0.25) is 0 Å². The fourth-order valence-corrected chi connectivity index (χ4v) is 2.91. The van der Waals surface area contributed by atoms with E-state index in [0.29, 0.717) is 11.2 Å². The lowest BCUT2D eigenvalue weighted by Crippen LogP contribution is -2.21. The second-order valence-electron chi connectivity index (χ2n) is 6.04. The summed E-state index contributed by atoms with van der Waals surface area (Å²) in [5.41, 5.74) is 1.55. The first-order valence-corrected chi connectivity index (χ1v) is 8.51. The molecule has 132 valence electrons. The van der Waals surface area contributed by atoms with E-state index in [4.69, 9.17) is 4.74 Å². The number of carbonyl (C=O) groups is 2. The Balaban J connectivity index is 1.43. The summed E-state index contributed by atoms with van der Waals surface area (Å²) in [6, 6.07) is 24.3. The number of amides is 1. The lowest BCUT2D eigenvalue weighted by molar-refractivity contribution is -0.119. The minimum atomic E-state index is -0.631. The summed E-state index contributed by atoms with van der Waals surface area (Å²) in [6.07, 6.45) is 0. The second kappa shape index (κ2) is 7.25. The average Bonchev–Trinajstić information content (AvgIpc) is 2.72. The number of fused-ring (bicyclic) bond motifs is 2. The minimum Gasteiger partial charge on any atom is -0.451 e. The summed E-state index contributed by atoms with van der Waals surface area (Å²) in [4.78, 5) is 28.7. The zero-order valence-electron chi connectivity index (χ0n) is 14.4. The molecule has 0 aliphatic carbocycles. The molecule has 0 radical (unpaired) electrons. The first-order valence-electron chi connectivity index (χ1n) is 8.51. The zero-order valence-corrected chi connectivity index (χ0v) is 14.4. The molecule has 0 atom stereocenters. The van der Waals surface area contributed by atoms with Crippen LogP contribution in [0.2, 0.25) is 0 Å². The quantitative estimate of drug-likeness (QED) is 0.557. The van der Waals surface area contributed by atoms with Gasteiger partial charge in [-0.3, -0.25) is 4.79 Å². The molecule has 0 bridgehead atoms. The van der Waals surface area contributed by atoms with Crippen molar-refractivity contribution in [2.75, 3.05) is 11.9 Å². The molecular weight excluding hydrogens is 340 g/mol. The van der Waals surface area contributed by atoms with Crippen LogP contribution in [-0.4, -0.2) is 23.5 Å². The van der Waals surface area contributed by atoms with Crippen molar-refractivity contribution in [3.8, 4) is 0 Å². The molecule has 0 spiro atoms. The van der Waals surface area contributed by atoms with Crippen LogP contribution in [0.3, 0.4) is 0 Å². The molecule has 4 rings (SSSR count). The molecule has 4 aromatic rings. The van der Waals surface area contributed by atoms with Crippen molar-refractivity contribution in [2.24, 2.45) is 0 Å².